The minimum absolute atomic E-state index is 0.278. The second-order valence-electron chi connectivity index (χ2n) is 5.28. The number of amides is 2. The van der Waals surface area contributed by atoms with Gasteiger partial charge in [-0.3, -0.25) is 9.59 Å². The van der Waals surface area contributed by atoms with Crippen LogP contribution in [0.2, 0.25) is 0 Å². The number of nitrogens with one attached hydrogen (secondary N) is 2. The van der Waals surface area contributed by atoms with Gasteiger partial charge in [0.25, 0.3) is 11.8 Å². The molecule has 0 fully saturated rings. The molecule has 0 heterocycles. The molecule has 0 saturated heterocycles. The van der Waals surface area contributed by atoms with E-state index in [0.29, 0.717) is 5.56 Å². The predicted octanol–water partition coefficient (Wildman–Crippen LogP) is 2.65. The lowest BCUT2D eigenvalue weighted by Gasteiger charge is -2.12. The van der Waals surface area contributed by atoms with Gasteiger partial charge in [0, 0.05) is 5.56 Å². The summed E-state index contributed by atoms with van der Waals surface area (Å²) in [6.07, 6.45) is 0.278. The van der Waals surface area contributed by atoms with E-state index in [1.54, 1.807) is 18.2 Å². The monoisotopic (exact) mass is 385 g/mol. The summed E-state index contributed by atoms with van der Waals surface area (Å²) < 4.78 is 66.0. The Morgan fingerprint density at radius 2 is 1.44 bits per heavy atom. The average molecular weight is 385 g/mol. The van der Waals surface area contributed by atoms with Crippen LogP contribution in [0.5, 0.6) is 0 Å². The highest BCUT2D eigenvalue weighted by Gasteiger charge is 2.24. The summed E-state index contributed by atoms with van der Waals surface area (Å²) in [5, 5.41) is 5.52. The van der Waals surface area contributed by atoms with Gasteiger partial charge in [0.15, 0.2) is 23.3 Å². The molecule has 2 aromatic rings. The molecule has 5 nitrogen and oxygen atoms in total. The maximum absolute atomic E-state index is 13.5. The highest BCUT2D eigenvalue weighted by molar-refractivity contribution is 5.97. The van der Waals surface area contributed by atoms with E-state index in [1.165, 1.54) is 19.1 Å². The first-order chi connectivity index (χ1) is 12.7. The molecule has 2 N–H and O–H groups in total. The van der Waals surface area contributed by atoms with Crippen molar-refractivity contribution in [2.24, 2.45) is 5.10 Å². The number of hydrazone groups is 1. The summed E-state index contributed by atoms with van der Waals surface area (Å²) in [6.45, 7) is 1.31. The Hall–Kier alpha value is -3.30. The first-order valence-corrected chi connectivity index (χ1v) is 7.44. The maximum Gasteiger partial charge on any atom is 0.262 e. The Balaban J connectivity index is 2.04. The Morgan fingerprint density at radius 3 is 2.00 bits per heavy atom. The van der Waals surface area contributed by atoms with Gasteiger partial charge < -0.3 is 5.32 Å². The Kier molecular flexibility index (Phi) is 6.22. The second kappa shape index (κ2) is 8.39. The lowest BCUT2D eigenvalue weighted by Crippen LogP contribution is -2.43. The molecule has 0 radical (unpaired) electrons. The highest BCUT2D eigenvalue weighted by atomic mass is 19.2. The Bertz CT molecular complexity index is 874. The van der Waals surface area contributed by atoms with Crippen molar-refractivity contribution in [3.05, 3.63) is 70.5 Å². The van der Waals surface area contributed by atoms with Gasteiger partial charge in [0.2, 0.25) is 5.82 Å². The van der Waals surface area contributed by atoms with Crippen molar-refractivity contribution in [2.75, 3.05) is 0 Å². The van der Waals surface area contributed by atoms with E-state index in [0.717, 1.165) is 0 Å². The number of benzene rings is 2. The number of carbonyl (C=O) groups excluding carboxylic acids is 2. The summed E-state index contributed by atoms with van der Waals surface area (Å²) in [6, 6.07) is 6.87. The highest BCUT2D eigenvalue weighted by Crippen LogP contribution is 2.21. The molecule has 0 aliphatic rings. The van der Waals surface area contributed by atoms with E-state index in [-0.39, 0.29) is 6.21 Å². The van der Waals surface area contributed by atoms with Gasteiger partial charge in [-0.15, -0.1) is 0 Å². The molecule has 0 aliphatic carbocycles. The molecule has 0 bridgehead atoms. The van der Waals surface area contributed by atoms with E-state index >= 15 is 0 Å². The number of nitrogens with zero attached hydrogens (tertiary/aromatic N) is 1. The summed E-state index contributed by atoms with van der Waals surface area (Å²) in [5.41, 5.74) is 0.821. The zero-order valence-electron chi connectivity index (χ0n) is 13.7. The SMILES string of the molecule is C[C@H](NC(=O)c1ccccc1)C(=O)N/N=C\c1c(F)c(F)c(F)c(F)c1F. The van der Waals surface area contributed by atoms with Crippen LogP contribution in [0.25, 0.3) is 0 Å². The third-order valence-corrected chi connectivity index (χ3v) is 3.39. The number of halogens is 5. The van der Waals surface area contributed by atoms with E-state index in [9.17, 15) is 31.5 Å². The first-order valence-electron chi connectivity index (χ1n) is 7.44. The first kappa shape index (κ1) is 20.0. The molecule has 0 spiro atoms. The molecule has 1 atom stereocenters. The molecule has 27 heavy (non-hydrogen) atoms. The van der Waals surface area contributed by atoms with Crippen LogP contribution in [-0.2, 0) is 4.79 Å². The summed E-state index contributed by atoms with van der Waals surface area (Å²) >= 11 is 0. The van der Waals surface area contributed by atoms with Crippen LogP contribution in [0, 0.1) is 29.1 Å². The van der Waals surface area contributed by atoms with E-state index in [2.05, 4.69) is 10.4 Å². The predicted molar refractivity (Wildman–Crippen MR) is 85.3 cm³/mol. The van der Waals surface area contributed by atoms with Crippen LogP contribution < -0.4 is 10.7 Å². The Labute approximate surface area is 149 Å². The van der Waals surface area contributed by atoms with E-state index in [4.69, 9.17) is 0 Å². The Morgan fingerprint density at radius 1 is 0.926 bits per heavy atom. The zero-order valence-corrected chi connectivity index (χ0v) is 13.7. The van der Waals surface area contributed by atoms with Crippen molar-refractivity contribution < 1.29 is 31.5 Å². The van der Waals surface area contributed by atoms with Crippen molar-refractivity contribution in [1.82, 2.24) is 10.7 Å². The summed E-state index contributed by atoms with van der Waals surface area (Å²) in [4.78, 5) is 23.7. The van der Waals surface area contributed by atoms with Crippen LogP contribution in [0.3, 0.4) is 0 Å². The molecular weight excluding hydrogens is 373 g/mol. The molecule has 142 valence electrons. The minimum Gasteiger partial charge on any atom is -0.340 e. The molecule has 0 aromatic heterocycles. The van der Waals surface area contributed by atoms with Crippen molar-refractivity contribution in [1.29, 1.82) is 0 Å². The number of hydrogen-bond donors (Lipinski definition) is 2. The standard InChI is InChI=1S/C17H12F5N3O2/c1-8(24-17(27)9-5-3-2-4-6-9)16(26)25-23-7-10-11(18)13(20)15(22)14(21)12(10)19/h2-8H,1H3,(H,24,27)(H,25,26)/b23-7-/t8-/m0/s1. The molecule has 0 saturated carbocycles. The average Bonchev–Trinajstić information content (AvgIpc) is 2.67. The zero-order chi connectivity index (χ0) is 20.1. The number of rotatable bonds is 5. The van der Waals surface area contributed by atoms with Crippen LogP contribution in [0.1, 0.15) is 22.8 Å². The smallest absolute Gasteiger partial charge is 0.262 e. The fourth-order valence-corrected chi connectivity index (χ4v) is 1.93. The summed E-state index contributed by atoms with van der Waals surface area (Å²) in [5.74, 6) is -12.2. The number of carbonyl (C=O) groups is 2. The van der Waals surface area contributed by atoms with Crippen molar-refractivity contribution in [3.63, 3.8) is 0 Å². The lowest BCUT2D eigenvalue weighted by atomic mass is 10.2. The van der Waals surface area contributed by atoms with Gasteiger partial charge in [0.05, 0.1) is 11.8 Å². The normalized spacial score (nSPS) is 12.1. The van der Waals surface area contributed by atoms with Gasteiger partial charge in [-0.25, -0.2) is 27.4 Å². The quantitative estimate of drug-likeness (QED) is 0.273. The third-order valence-electron chi connectivity index (χ3n) is 3.39. The molecular formula is C17H12F5N3O2. The lowest BCUT2D eigenvalue weighted by molar-refractivity contribution is -0.122. The fourth-order valence-electron chi connectivity index (χ4n) is 1.93. The topological polar surface area (TPSA) is 70.6 Å². The van der Waals surface area contributed by atoms with Crippen molar-refractivity contribution >= 4 is 18.0 Å². The van der Waals surface area contributed by atoms with E-state index < -0.39 is 52.5 Å². The molecule has 2 aromatic carbocycles. The van der Waals surface area contributed by atoms with Crippen LogP contribution in [0.15, 0.2) is 35.4 Å². The molecule has 0 unspecified atom stereocenters. The number of hydrogen-bond acceptors (Lipinski definition) is 3. The molecule has 2 amide bonds. The van der Waals surface area contributed by atoms with E-state index in [1.807, 2.05) is 5.43 Å². The second-order valence-corrected chi connectivity index (χ2v) is 5.28. The van der Waals surface area contributed by atoms with Crippen LogP contribution in [-0.4, -0.2) is 24.1 Å². The van der Waals surface area contributed by atoms with Crippen molar-refractivity contribution in [3.8, 4) is 0 Å². The summed E-state index contributed by atoms with van der Waals surface area (Å²) in [7, 11) is 0. The van der Waals surface area contributed by atoms with Gasteiger partial charge >= 0.3 is 0 Å². The fraction of sp³-hybridized carbons (Fsp3) is 0.118. The van der Waals surface area contributed by atoms with Crippen LogP contribution in [0.4, 0.5) is 22.0 Å². The molecule has 0 aliphatic heterocycles. The maximum atomic E-state index is 13.5. The van der Waals surface area contributed by atoms with Gasteiger partial charge in [0.1, 0.15) is 6.04 Å². The minimum atomic E-state index is -2.30. The van der Waals surface area contributed by atoms with Gasteiger partial charge in [-0.2, -0.15) is 5.10 Å². The molecule has 10 heteroatoms. The van der Waals surface area contributed by atoms with Gasteiger partial charge in [-0.1, -0.05) is 18.2 Å². The van der Waals surface area contributed by atoms with Crippen LogP contribution >= 0.6 is 0 Å². The largest absolute Gasteiger partial charge is 0.340 e. The third kappa shape index (κ3) is 4.46. The van der Waals surface area contributed by atoms with Crippen molar-refractivity contribution in [2.45, 2.75) is 13.0 Å². The van der Waals surface area contributed by atoms with Gasteiger partial charge in [-0.05, 0) is 19.1 Å². The molecule has 2 rings (SSSR count).